The number of hydrogen-bond donors (Lipinski definition) is 1. The van der Waals surface area contributed by atoms with Crippen molar-refractivity contribution in [3.63, 3.8) is 0 Å². The zero-order chi connectivity index (χ0) is 13.2. The normalized spacial score (nSPS) is 14.8. The zero-order valence-electron chi connectivity index (χ0n) is 11.6. The average molecular weight is 256 g/mol. The molecule has 1 aliphatic rings. The van der Waals surface area contributed by atoms with Gasteiger partial charge in [0.1, 0.15) is 0 Å². The van der Waals surface area contributed by atoms with E-state index in [1.807, 2.05) is 6.20 Å². The van der Waals surface area contributed by atoms with E-state index in [0.29, 0.717) is 0 Å². The van der Waals surface area contributed by atoms with E-state index < -0.39 is 0 Å². The third-order valence-electron chi connectivity index (χ3n) is 3.56. The van der Waals surface area contributed by atoms with Crippen LogP contribution in [0.15, 0.2) is 28.8 Å². The highest BCUT2D eigenvalue weighted by molar-refractivity contribution is 5.62. The van der Waals surface area contributed by atoms with Crippen molar-refractivity contribution in [2.24, 2.45) is 0 Å². The minimum Gasteiger partial charge on any atom is -0.441 e. The molecule has 1 fully saturated rings. The predicted molar refractivity (Wildman–Crippen MR) is 76.1 cm³/mol. The summed E-state index contributed by atoms with van der Waals surface area (Å²) in [6, 6.07) is 7.15. The number of nitrogens with zero attached hydrogens (tertiary/aromatic N) is 1. The summed E-state index contributed by atoms with van der Waals surface area (Å²) in [6.45, 7) is 5.16. The second kappa shape index (κ2) is 5.17. The van der Waals surface area contributed by atoms with E-state index in [1.54, 1.807) is 0 Å². The van der Waals surface area contributed by atoms with Crippen molar-refractivity contribution in [2.45, 2.75) is 39.2 Å². The number of oxazole rings is 1. The molecule has 1 aromatic heterocycles. The third-order valence-corrected chi connectivity index (χ3v) is 3.56. The van der Waals surface area contributed by atoms with Crippen LogP contribution in [-0.2, 0) is 6.42 Å². The zero-order valence-corrected chi connectivity index (χ0v) is 11.6. The Morgan fingerprint density at radius 3 is 2.95 bits per heavy atom. The van der Waals surface area contributed by atoms with Crippen molar-refractivity contribution in [3.8, 4) is 11.3 Å². The first kappa shape index (κ1) is 12.4. The summed E-state index contributed by atoms with van der Waals surface area (Å²) in [5.74, 6) is 1.70. The molecule has 0 amide bonds. The minimum absolute atomic E-state index is 0.744. The summed E-state index contributed by atoms with van der Waals surface area (Å²) >= 11 is 0. The third kappa shape index (κ3) is 3.04. The van der Waals surface area contributed by atoms with Gasteiger partial charge in [0.2, 0.25) is 0 Å². The number of rotatable bonds is 5. The van der Waals surface area contributed by atoms with Crippen molar-refractivity contribution in [1.82, 2.24) is 10.3 Å². The van der Waals surface area contributed by atoms with Crippen molar-refractivity contribution < 1.29 is 4.42 Å². The lowest BCUT2D eigenvalue weighted by atomic mass is 10.0. The number of nitrogens with one attached hydrogen (secondary N) is 1. The molecule has 0 saturated heterocycles. The number of aryl methyl sites for hydroxylation is 2. The van der Waals surface area contributed by atoms with Gasteiger partial charge in [0.05, 0.1) is 6.20 Å². The molecule has 2 aromatic rings. The predicted octanol–water partition coefficient (Wildman–Crippen LogP) is 3.25. The Labute approximate surface area is 114 Å². The molecular weight excluding hydrogens is 236 g/mol. The van der Waals surface area contributed by atoms with Gasteiger partial charge in [0.25, 0.3) is 0 Å². The molecule has 3 nitrogen and oxygen atoms in total. The van der Waals surface area contributed by atoms with Crippen LogP contribution < -0.4 is 5.32 Å². The van der Waals surface area contributed by atoms with Gasteiger partial charge in [-0.3, -0.25) is 0 Å². The average Bonchev–Trinajstić information content (AvgIpc) is 3.10. The SMILES string of the molecule is Cc1ccc(C)c(-c2cnc(CCNC3CC3)o2)c1. The monoisotopic (exact) mass is 256 g/mol. The molecule has 3 rings (SSSR count). The van der Waals surface area contributed by atoms with Crippen LogP contribution in [0.3, 0.4) is 0 Å². The lowest BCUT2D eigenvalue weighted by Crippen LogP contribution is -2.19. The lowest BCUT2D eigenvalue weighted by Gasteiger charge is -2.03. The first-order valence-corrected chi connectivity index (χ1v) is 6.98. The van der Waals surface area contributed by atoms with Crippen LogP contribution in [0.2, 0.25) is 0 Å². The fourth-order valence-electron chi connectivity index (χ4n) is 2.22. The Balaban J connectivity index is 1.70. The van der Waals surface area contributed by atoms with E-state index in [-0.39, 0.29) is 0 Å². The van der Waals surface area contributed by atoms with E-state index >= 15 is 0 Å². The Bertz CT molecular complexity index is 570. The van der Waals surface area contributed by atoms with Gasteiger partial charge in [0.15, 0.2) is 11.7 Å². The highest BCUT2D eigenvalue weighted by Gasteiger charge is 2.20. The highest BCUT2D eigenvalue weighted by atomic mass is 16.4. The summed E-state index contributed by atoms with van der Waals surface area (Å²) < 4.78 is 5.86. The molecule has 0 radical (unpaired) electrons. The maximum atomic E-state index is 5.86. The molecule has 1 heterocycles. The fourth-order valence-corrected chi connectivity index (χ4v) is 2.22. The van der Waals surface area contributed by atoms with Crippen LogP contribution in [0.4, 0.5) is 0 Å². The number of hydrogen-bond acceptors (Lipinski definition) is 3. The standard InChI is InChI=1S/C16H20N2O/c1-11-3-4-12(2)14(9-11)15-10-18-16(19-15)7-8-17-13-5-6-13/h3-4,9-10,13,17H,5-8H2,1-2H3. The number of benzene rings is 1. The quantitative estimate of drug-likeness (QED) is 0.892. The van der Waals surface area contributed by atoms with Crippen LogP contribution in [0.5, 0.6) is 0 Å². The van der Waals surface area contributed by atoms with E-state index in [0.717, 1.165) is 36.2 Å². The van der Waals surface area contributed by atoms with Gasteiger partial charge in [-0.1, -0.05) is 17.7 Å². The second-order valence-electron chi connectivity index (χ2n) is 5.42. The van der Waals surface area contributed by atoms with Crippen molar-refractivity contribution in [3.05, 3.63) is 41.4 Å². The van der Waals surface area contributed by atoms with Gasteiger partial charge in [-0.05, 0) is 38.3 Å². The Morgan fingerprint density at radius 1 is 1.32 bits per heavy atom. The Morgan fingerprint density at radius 2 is 2.16 bits per heavy atom. The maximum Gasteiger partial charge on any atom is 0.196 e. The van der Waals surface area contributed by atoms with Gasteiger partial charge >= 0.3 is 0 Å². The molecule has 0 aliphatic heterocycles. The van der Waals surface area contributed by atoms with E-state index in [1.165, 1.54) is 24.0 Å². The van der Waals surface area contributed by atoms with Crippen LogP contribution in [-0.4, -0.2) is 17.6 Å². The molecule has 1 aliphatic carbocycles. The van der Waals surface area contributed by atoms with Crippen LogP contribution in [0.25, 0.3) is 11.3 Å². The number of aromatic nitrogens is 1. The largest absolute Gasteiger partial charge is 0.441 e. The van der Waals surface area contributed by atoms with Gasteiger partial charge < -0.3 is 9.73 Å². The molecule has 1 saturated carbocycles. The smallest absolute Gasteiger partial charge is 0.196 e. The fraction of sp³-hybridized carbons (Fsp3) is 0.438. The van der Waals surface area contributed by atoms with E-state index in [2.05, 4.69) is 42.3 Å². The Hall–Kier alpha value is -1.61. The molecular formula is C16H20N2O. The van der Waals surface area contributed by atoms with Crippen LogP contribution in [0, 0.1) is 13.8 Å². The van der Waals surface area contributed by atoms with Crippen LogP contribution >= 0.6 is 0 Å². The summed E-state index contributed by atoms with van der Waals surface area (Å²) in [4.78, 5) is 4.37. The first-order chi connectivity index (χ1) is 9.22. The molecule has 0 bridgehead atoms. The molecule has 0 unspecified atom stereocenters. The topological polar surface area (TPSA) is 38.1 Å². The Kier molecular flexibility index (Phi) is 3.38. The highest BCUT2D eigenvalue weighted by Crippen LogP contribution is 2.25. The van der Waals surface area contributed by atoms with Gasteiger partial charge in [-0.25, -0.2) is 4.98 Å². The molecule has 19 heavy (non-hydrogen) atoms. The summed E-state index contributed by atoms with van der Waals surface area (Å²) in [5, 5.41) is 3.47. The molecule has 100 valence electrons. The van der Waals surface area contributed by atoms with Gasteiger partial charge in [-0.15, -0.1) is 0 Å². The van der Waals surface area contributed by atoms with Crippen molar-refractivity contribution in [1.29, 1.82) is 0 Å². The molecule has 0 spiro atoms. The molecule has 3 heteroatoms. The van der Waals surface area contributed by atoms with E-state index in [9.17, 15) is 0 Å². The maximum absolute atomic E-state index is 5.86. The molecule has 1 aromatic carbocycles. The molecule has 1 N–H and O–H groups in total. The first-order valence-electron chi connectivity index (χ1n) is 6.98. The molecule has 0 atom stereocenters. The van der Waals surface area contributed by atoms with E-state index in [4.69, 9.17) is 4.42 Å². The van der Waals surface area contributed by atoms with Crippen LogP contribution in [0.1, 0.15) is 29.9 Å². The summed E-state index contributed by atoms with van der Waals surface area (Å²) in [6.07, 6.45) is 5.34. The van der Waals surface area contributed by atoms with Crippen molar-refractivity contribution in [2.75, 3.05) is 6.54 Å². The minimum atomic E-state index is 0.744. The lowest BCUT2D eigenvalue weighted by molar-refractivity contribution is 0.494. The summed E-state index contributed by atoms with van der Waals surface area (Å²) in [7, 11) is 0. The second-order valence-corrected chi connectivity index (χ2v) is 5.42. The van der Waals surface area contributed by atoms with Gasteiger partial charge in [0, 0.05) is 24.6 Å². The van der Waals surface area contributed by atoms with Crippen molar-refractivity contribution >= 4 is 0 Å². The summed E-state index contributed by atoms with van der Waals surface area (Å²) in [5.41, 5.74) is 3.62. The van der Waals surface area contributed by atoms with Gasteiger partial charge in [-0.2, -0.15) is 0 Å².